The molecule has 13 aromatic carbocycles. The van der Waals surface area contributed by atoms with Crippen LogP contribution in [0.1, 0.15) is 195 Å². The average molecular weight is 1470 g/mol. The fourth-order valence-corrected chi connectivity index (χ4v) is 17.6. The number of rotatable bonds is 7. The second-order valence-electron chi connectivity index (χ2n) is 39.0. The minimum Gasteiger partial charge on any atom is -0.311 e. The number of hydrogen-bond acceptors (Lipinski definition) is 2. The lowest BCUT2D eigenvalue weighted by Crippen LogP contribution is -2.61. The third-order valence-electron chi connectivity index (χ3n) is 24.1. The van der Waals surface area contributed by atoms with Crippen LogP contribution in [0.15, 0.2) is 261 Å². The van der Waals surface area contributed by atoms with Gasteiger partial charge in [-0.25, -0.2) is 0 Å². The molecule has 0 amide bonds. The van der Waals surface area contributed by atoms with Crippen LogP contribution in [-0.4, -0.2) is 20.4 Å². The van der Waals surface area contributed by atoms with Crippen molar-refractivity contribution in [3.8, 4) is 39.3 Å². The first kappa shape index (κ1) is 63.6. The molecular formula is C106H106BN5. The standard InChI is InChI=1S/C106H106BN5/c1-100(2,3)67-43-51-91(83(59-67)65-53-69(102(7,8)9)57-70(54-65)103(10,11)12)111-93-63-75(108-87-39-29-25-35-77(87)78-36-26-30-40-88(78)108)45-49-85(93)107-86-50-46-76(110-90-42-32-28-38-80(90)82-48-47-81-79-37-27-31-41-89(79)109(98(81)99(82)110)74-33-23-22-24-34-74)64-94(86)112(96-62-73(106(19,20)21)61-95(111)97(96)107)92-52-44-68(101(4,5)6)60-84(92)66-55-71(104(13,14)15)58-72(56-66)105(16,17)18/h22-64H,1-21H3/i25D,26D,29D,30D,35D,36D,39D,40D. The van der Waals surface area contributed by atoms with Crippen LogP contribution in [0.3, 0.4) is 0 Å². The predicted molar refractivity (Wildman–Crippen MR) is 485 cm³/mol. The van der Waals surface area contributed by atoms with Gasteiger partial charge in [-0.15, -0.1) is 0 Å². The highest BCUT2D eigenvalue weighted by Crippen LogP contribution is 2.54. The SMILES string of the molecule is [2H]c1c([2H])c([2H])c2c(c1[2H])c1c([2H])c([2H])c([2H])c([2H])c1n2-c1ccc2c(c1)N(c1ccc(C(C)(C)C)cc1-c1cc(C(C)(C)C)cc(C(C)(C)C)c1)c1cc(C(C)(C)C)cc3c1B2c1ccc(-n2c4ccccc4c4ccc5c6ccccc6n(-c6ccccc6)c5c42)cc1N3c1ccc(C(C)(C)C)cc1-c1cc(C(C)(C)C)cc(C(C)(C)C)c1. The van der Waals surface area contributed by atoms with E-state index in [2.05, 4.69) is 371 Å². The van der Waals surface area contributed by atoms with E-state index in [0.717, 1.165) is 139 Å². The Morgan fingerprint density at radius 2 is 0.607 bits per heavy atom. The zero-order valence-corrected chi connectivity index (χ0v) is 69.0. The van der Waals surface area contributed by atoms with Gasteiger partial charge in [0.15, 0.2) is 0 Å². The number of anilines is 6. The molecule has 0 aliphatic carbocycles. The van der Waals surface area contributed by atoms with Gasteiger partial charge < -0.3 is 23.5 Å². The largest absolute Gasteiger partial charge is 0.311 e. The molecule has 18 rings (SSSR count). The van der Waals surface area contributed by atoms with Gasteiger partial charge in [0, 0.05) is 83.3 Å². The van der Waals surface area contributed by atoms with E-state index in [4.69, 9.17) is 2.74 Å². The first-order chi connectivity index (χ1) is 56.3. The van der Waals surface area contributed by atoms with E-state index in [0.29, 0.717) is 5.69 Å². The van der Waals surface area contributed by atoms with E-state index in [1.54, 1.807) is 4.57 Å². The summed E-state index contributed by atoms with van der Waals surface area (Å²) < 4.78 is 82.9. The Morgan fingerprint density at radius 1 is 0.250 bits per heavy atom. The molecular weight excluding hydrogens is 1350 g/mol. The third kappa shape index (κ3) is 11.8. The second-order valence-corrected chi connectivity index (χ2v) is 39.0. The summed E-state index contributed by atoms with van der Waals surface area (Å²) in [6.45, 7) is 47.9. The number of aromatic nitrogens is 3. The third-order valence-corrected chi connectivity index (χ3v) is 24.1. The van der Waals surface area contributed by atoms with Crippen molar-refractivity contribution < 1.29 is 11.0 Å². The molecule has 0 saturated carbocycles. The van der Waals surface area contributed by atoms with Crippen molar-refractivity contribution in [2.24, 2.45) is 0 Å². The lowest BCUT2D eigenvalue weighted by molar-refractivity contribution is 0.568. The van der Waals surface area contributed by atoms with Crippen LogP contribution in [0.2, 0.25) is 0 Å². The summed E-state index contributed by atoms with van der Waals surface area (Å²) in [5.41, 5.74) is 26.4. The molecule has 16 aromatic rings. The molecule has 0 N–H and O–H groups in total. The smallest absolute Gasteiger partial charge is 0.252 e. The summed E-state index contributed by atoms with van der Waals surface area (Å²) in [6.07, 6.45) is 0. The van der Waals surface area contributed by atoms with Gasteiger partial charge in [0.1, 0.15) is 0 Å². The maximum atomic E-state index is 9.93. The molecule has 0 unspecified atom stereocenters. The molecule has 3 aromatic heterocycles. The molecule has 0 atom stereocenters. The minimum absolute atomic E-state index is 0.0214. The van der Waals surface area contributed by atoms with Gasteiger partial charge in [0.2, 0.25) is 0 Å². The Labute approximate surface area is 675 Å². The van der Waals surface area contributed by atoms with E-state index in [1.807, 2.05) is 6.07 Å². The first-order valence-electron chi connectivity index (χ1n) is 44.0. The number of para-hydroxylation sites is 5. The highest BCUT2D eigenvalue weighted by molar-refractivity contribution is 7.00. The van der Waals surface area contributed by atoms with Crippen molar-refractivity contribution in [1.29, 1.82) is 0 Å². The van der Waals surface area contributed by atoms with E-state index in [1.165, 1.54) is 27.8 Å². The van der Waals surface area contributed by atoms with Crippen LogP contribution < -0.4 is 26.2 Å². The number of hydrogen-bond donors (Lipinski definition) is 0. The summed E-state index contributed by atoms with van der Waals surface area (Å²) in [4.78, 5) is 5.10. The maximum absolute atomic E-state index is 9.93. The number of benzene rings is 13. The zero-order chi connectivity index (χ0) is 85.5. The monoisotopic (exact) mass is 1470 g/mol. The van der Waals surface area contributed by atoms with E-state index in [9.17, 15) is 8.22 Å². The van der Waals surface area contributed by atoms with Crippen LogP contribution in [0.5, 0.6) is 0 Å². The molecule has 0 saturated heterocycles. The quantitative estimate of drug-likeness (QED) is 0.148. The molecule has 2 aliphatic rings. The number of nitrogens with zero attached hydrogens (tertiary/aromatic N) is 5. The summed E-state index contributed by atoms with van der Waals surface area (Å²) in [7, 11) is 0. The highest BCUT2D eigenvalue weighted by Gasteiger charge is 2.46. The topological polar surface area (TPSA) is 21.3 Å². The normalized spacial score (nSPS) is 14.7. The molecule has 0 spiro atoms. The summed E-state index contributed by atoms with van der Waals surface area (Å²) in [5.74, 6) is 0. The molecule has 5 nitrogen and oxygen atoms in total. The van der Waals surface area contributed by atoms with Crippen molar-refractivity contribution in [1.82, 2.24) is 13.7 Å². The predicted octanol–water partition coefficient (Wildman–Crippen LogP) is 27.5. The van der Waals surface area contributed by atoms with Gasteiger partial charge in [0.25, 0.3) is 6.71 Å². The minimum atomic E-state index is -0.495. The van der Waals surface area contributed by atoms with E-state index in [-0.39, 0.29) is 78.5 Å². The summed E-state index contributed by atoms with van der Waals surface area (Å²) in [6, 6.07) is 76.8. The maximum Gasteiger partial charge on any atom is 0.252 e. The molecule has 6 heteroatoms. The van der Waals surface area contributed by atoms with Crippen LogP contribution in [0.4, 0.5) is 34.1 Å². The first-order valence-corrected chi connectivity index (χ1v) is 40.0. The fraction of sp³-hybridized carbons (Fsp3) is 0.264. The Morgan fingerprint density at radius 3 is 1.01 bits per heavy atom. The van der Waals surface area contributed by atoms with Crippen molar-refractivity contribution in [2.45, 2.75) is 183 Å². The molecule has 558 valence electrons. The van der Waals surface area contributed by atoms with Crippen LogP contribution >= 0.6 is 0 Å². The Kier molecular flexibility index (Phi) is 14.3. The summed E-state index contributed by atoms with van der Waals surface area (Å²) >= 11 is 0. The Hall–Kier alpha value is -11.1. The molecule has 0 radical (unpaired) electrons. The lowest BCUT2D eigenvalue weighted by Gasteiger charge is -2.46. The molecule has 112 heavy (non-hydrogen) atoms. The van der Waals surface area contributed by atoms with Gasteiger partial charge in [-0.3, -0.25) is 0 Å². The highest BCUT2D eigenvalue weighted by atomic mass is 15.2. The van der Waals surface area contributed by atoms with E-state index < -0.39 is 36.3 Å². The fourth-order valence-electron chi connectivity index (χ4n) is 17.6. The van der Waals surface area contributed by atoms with Crippen molar-refractivity contribution in [2.75, 3.05) is 9.80 Å². The second kappa shape index (κ2) is 25.2. The molecule has 0 bridgehead atoms. The van der Waals surface area contributed by atoms with Crippen molar-refractivity contribution in [3.63, 3.8) is 0 Å². The van der Waals surface area contributed by atoms with Crippen LogP contribution in [0, 0.1) is 0 Å². The van der Waals surface area contributed by atoms with Crippen molar-refractivity contribution in [3.05, 3.63) is 300 Å². The van der Waals surface area contributed by atoms with Gasteiger partial charge in [-0.05, 0) is 201 Å². The lowest BCUT2D eigenvalue weighted by atomic mass is 9.33. The Balaban J connectivity index is 1.04. The molecule has 2 aliphatic heterocycles. The van der Waals surface area contributed by atoms with Crippen molar-refractivity contribution >= 4 is 123 Å². The average Bonchev–Trinajstić information content (AvgIpc) is 1.10. The van der Waals surface area contributed by atoms with Gasteiger partial charge in [0.05, 0.1) is 55.4 Å². The van der Waals surface area contributed by atoms with E-state index >= 15 is 0 Å². The number of fused-ring (bicyclic) bond motifs is 14. The summed E-state index contributed by atoms with van der Waals surface area (Å²) in [5, 5.41) is 4.62. The molecule has 0 fully saturated rings. The van der Waals surface area contributed by atoms with Crippen LogP contribution in [-0.2, 0) is 37.9 Å². The van der Waals surface area contributed by atoms with Gasteiger partial charge in [-0.2, -0.15) is 0 Å². The van der Waals surface area contributed by atoms with Gasteiger partial charge in [-0.1, -0.05) is 309 Å². The van der Waals surface area contributed by atoms with Gasteiger partial charge >= 0.3 is 0 Å². The Bertz CT molecular complexity index is 6930. The zero-order valence-electron chi connectivity index (χ0n) is 77.0. The van der Waals surface area contributed by atoms with Crippen LogP contribution in [0.25, 0.3) is 105 Å². The molecule has 5 heterocycles.